The average Bonchev–Trinajstić information content (AvgIpc) is 2.68. The van der Waals surface area contributed by atoms with Crippen molar-refractivity contribution in [2.45, 2.75) is 51.1 Å². The van der Waals surface area contributed by atoms with Crippen LogP contribution in [0.1, 0.15) is 39.2 Å². The van der Waals surface area contributed by atoms with Crippen LogP contribution in [-0.4, -0.2) is 36.2 Å². The van der Waals surface area contributed by atoms with Crippen molar-refractivity contribution in [3.05, 3.63) is 29.8 Å². The van der Waals surface area contributed by atoms with Crippen LogP contribution >= 0.6 is 0 Å². The maximum atomic E-state index is 12.5. The van der Waals surface area contributed by atoms with Crippen molar-refractivity contribution in [3.8, 4) is 0 Å². The second-order valence-corrected chi connectivity index (χ2v) is 7.09. The van der Waals surface area contributed by atoms with Crippen molar-refractivity contribution < 1.29 is 9.53 Å². The second kappa shape index (κ2) is 5.34. The lowest BCUT2D eigenvalue weighted by Crippen LogP contribution is -2.50. The zero-order chi connectivity index (χ0) is 15.0. The third-order valence-electron chi connectivity index (χ3n) is 4.48. The Labute approximate surface area is 126 Å². The number of rotatable bonds is 1. The number of hydrogen-bond acceptors (Lipinski definition) is 2. The minimum atomic E-state index is 0.00862. The molecule has 2 bridgehead atoms. The van der Waals surface area contributed by atoms with Crippen molar-refractivity contribution in [1.82, 2.24) is 4.90 Å². The topological polar surface area (TPSA) is 41.6 Å². The molecule has 3 rings (SSSR count). The molecule has 0 unspecified atom stereocenters. The number of hydrogen-bond donors (Lipinski definition) is 1. The van der Waals surface area contributed by atoms with Gasteiger partial charge in [0.05, 0.1) is 25.3 Å². The van der Waals surface area contributed by atoms with Gasteiger partial charge < -0.3 is 15.0 Å². The monoisotopic (exact) mass is 288 g/mol. The first-order valence-corrected chi connectivity index (χ1v) is 7.73. The summed E-state index contributed by atoms with van der Waals surface area (Å²) in [4.78, 5) is 14.4. The highest BCUT2D eigenvalue weighted by Crippen LogP contribution is 2.29. The van der Waals surface area contributed by atoms with Crippen LogP contribution in [0, 0.1) is 0 Å². The molecule has 0 aliphatic carbocycles. The quantitative estimate of drug-likeness (QED) is 0.860. The molecule has 2 aliphatic heterocycles. The number of nitrogens with one attached hydrogen (secondary N) is 1. The number of benzene rings is 1. The van der Waals surface area contributed by atoms with Crippen LogP contribution < -0.4 is 5.32 Å². The van der Waals surface area contributed by atoms with Gasteiger partial charge in [0, 0.05) is 5.69 Å². The lowest BCUT2D eigenvalue weighted by molar-refractivity contribution is 0.00949. The minimum Gasteiger partial charge on any atom is -0.377 e. The SMILES string of the molecule is CC(C)(C)c1ccc(NC(=O)N2[C@@H]3CC[C@H]2COC3)cc1. The smallest absolute Gasteiger partial charge is 0.322 e. The van der Waals surface area contributed by atoms with Gasteiger partial charge in [-0.3, -0.25) is 0 Å². The second-order valence-electron chi connectivity index (χ2n) is 7.09. The number of urea groups is 1. The molecule has 2 atom stereocenters. The lowest BCUT2D eigenvalue weighted by atomic mass is 9.87. The Balaban J connectivity index is 1.68. The molecule has 4 heteroatoms. The fourth-order valence-corrected chi connectivity index (χ4v) is 3.20. The summed E-state index contributed by atoms with van der Waals surface area (Å²) in [6.45, 7) is 7.91. The molecule has 0 spiro atoms. The number of fused-ring (bicyclic) bond motifs is 2. The number of nitrogens with zero attached hydrogens (tertiary/aromatic N) is 1. The summed E-state index contributed by atoms with van der Waals surface area (Å²) in [6.07, 6.45) is 2.11. The molecule has 21 heavy (non-hydrogen) atoms. The Morgan fingerprint density at radius 2 is 1.71 bits per heavy atom. The van der Waals surface area contributed by atoms with Gasteiger partial charge in [0.15, 0.2) is 0 Å². The molecule has 1 N–H and O–H groups in total. The van der Waals surface area contributed by atoms with E-state index in [2.05, 4.69) is 38.2 Å². The van der Waals surface area contributed by atoms with Crippen LogP contribution in [0.5, 0.6) is 0 Å². The summed E-state index contributed by atoms with van der Waals surface area (Å²) < 4.78 is 5.52. The van der Waals surface area contributed by atoms with E-state index in [0.29, 0.717) is 13.2 Å². The van der Waals surface area contributed by atoms with Gasteiger partial charge in [-0.25, -0.2) is 4.79 Å². The van der Waals surface area contributed by atoms with E-state index in [1.165, 1.54) is 5.56 Å². The molecule has 0 aromatic heterocycles. The summed E-state index contributed by atoms with van der Waals surface area (Å²) in [5, 5.41) is 3.02. The maximum Gasteiger partial charge on any atom is 0.322 e. The highest BCUT2D eigenvalue weighted by atomic mass is 16.5. The maximum absolute atomic E-state index is 12.5. The lowest BCUT2D eigenvalue weighted by Gasteiger charge is -2.34. The van der Waals surface area contributed by atoms with Crippen molar-refractivity contribution in [3.63, 3.8) is 0 Å². The van der Waals surface area contributed by atoms with Gasteiger partial charge in [-0.05, 0) is 36.0 Å². The van der Waals surface area contributed by atoms with Gasteiger partial charge in [0.25, 0.3) is 0 Å². The number of anilines is 1. The molecule has 2 fully saturated rings. The first-order valence-electron chi connectivity index (χ1n) is 7.73. The normalized spacial score (nSPS) is 25.0. The van der Waals surface area contributed by atoms with Crippen LogP contribution in [0.3, 0.4) is 0 Å². The Morgan fingerprint density at radius 1 is 1.14 bits per heavy atom. The zero-order valence-corrected chi connectivity index (χ0v) is 13.1. The number of morpholine rings is 1. The third kappa shape index (κ3) is 2.91. The molecule has 2 aliphatic rings. The molecule has 114 valence electrons. The van der Waals surface area contributed by atoms with Gasteiger partial charge in [-0.15, -0.1) is 0 Å². The summed E-state index contributed by atoms with van der Waals surface area (Å²) in [6, 6.07) is 8.65. The summed E-state index contributed by atoms with van der Waals surface area (Å²) in [5.74, 6) is 0. The fourth-order valence-electron chi connectivity index (χ4n) is 3.20. The molecule has 1 aromatic carbocycles. The zero-order valence-electron chi connectivity index (χ0n) is 13.1. The van der Waals surface area contributed by atoms with Gasteiger partial charge in [-0.2, -0.15) is 0 Å². The van der Waals surface area contributed by atoms with Crippen LogP contribution in [0.4, 0.5) is 10.5 Å². The first-order chi connectivity index (χ1) is 9.95. The molecular formula is C17H24N2O2. The highest BCUT2D eigenvalue weighted by Gasteiger charge is 2.40. The van der Waals surface area contributed by atoms with Gasteiger partial charge in [0.2, 0.25) is 0 Å². The third-order valence-corrected chi connectivity index (χ3v) is 4.48. The van der Waals surface area contributed by atoms with Crippen molar-refractivity contribution in [2.75, 3.05) is 18.5 Å². The van der Waals surface area contributed by atoms with Crippen LogP contribution in [0.15, 0.2) is 24.3 Å². The predicted octanol–water partition coefficient (Wildman–Crippen LogP) is 3.38. The number of carbonyl (C=O) groups is 1. The summed E-state index contributed by atoms with van der Waals surface area (Å²) >= 11 is 0. The van der Waals surface area contributed by atoms with Crippen LogP contribution in [-0.2, 0) is 10.2 Å². The van der Waals surface area contributed by atoms with Crippen molar-refractivity contribution in [1.29, 1.82) is 0 Å². The summed E-state index contributed by atoms with van der Waals surface area (Å²) in [7, 11) is 0. The van der Waals surface area contributed by atoms with Gasteiger partial charge in [0.1, 0.15) is 0 Å². The van der Waals surface area contributed by atoms with Gasteiger partial charge >= 0.3 is 6.03 Å². The Hall–Kier alpha value is -1.55. The molecular weight excluding hydrogens is 264 g/mol. The van der Waals surface area contributed by atoms with Crippen molar-refractivity contribution in [2.24, 2.45) is 0 Å². The standard InChI is InChI=1S/C17H24N2O2/c1-17(2,3)12-4-6-13(7-5-12)18-16(20)19-14-8-9-15(19)11-21-10-14/h4-7,14-15H,8-11H2,1-3H3,(H,18,20)/t14-,15+. The van der Waals surface area contributed by atoms with E-state index in [0.717, 1.165) is 18.5 Å². The summed E-state index contributed by atoms with van der Waals surface area (Å²) in [5.41, 5.74) is 2.26. The largest absolute Gasteiger partial charge is 0.377 e. The molecule has 0 saturated carbocycles. The fraction of sp³-hybridized carbons (Fsp3) is 0.588. The van der Waals surface area contributed by atoms with E-state index in [1.54, 1.807) is 0 Å². The molecule has 0 radical (unpaired) electrons. The van der Waals surface area contributed by atoms with E-state index in [1.807, 2.05) is 17.0 Å². The average molecular weight is 288 g/mol. The van der Waals surface area contributed by atoms with E-state index < -0.39 is 0 Å². The number of carbonyl (C=O) groups excluding carboxylic acids is 1. The van der Waals surface area contributed by atoms with Crippen LogP contribution in [0.2, 0.25) is 0 Å². The number of ether oxygens (including phenoxy) is 1. The molecule has 4 nitrogen and oxygen atoms in total. The Morgan fingerprint density at radius 3 is 2.24 bits per heavy atom. The first kappa shape index (κ1) is 14.4. The Bertz CT molecular complexity index is 503. The van der Waals surface area contributed by atoms with E-state index in [4.69, 9.17) is 4.74 Å². The van der Waals surface area contributed by atoms with E-state index >= 15 is 0 Å². The molecule has 2 saturated heterocycles. The molecule has 2 amide bonds. The van der Waals surface area contributed by atoms with E-state index in [9.17, 15) is 4.79 Å². The Kier molecular flexibility index (Phi) is 3.66. The minimum absolute atomic E-state index is 0.00862. The predicted molar refractivity (Wildman–Crippen MR) is 83.6 cm³/mol. The number of amides is 2. The van der Waals surface area contributed by atoms with E-state index in [-0.39, 0.29) is 23.5 Å². The van der Waals surface area contributed by atoms with Crippen LogP contribution in [0.25, 0.3) is 0 Å². The molecule has 1 aromatic rings. The molecule has 2 heterocycles. The highest BCUT2D eigenvalue weighted by molar-refractivity contribution is 5.90. The van der Waals surface area contributed by atoms with Crippen molar-refractivity contribution >= 4 is 11.7 Å². The van der Waals surface area contributed by atoms with Gasteiger partial charge in [-0.1, -0.05) is 32.9 Å².